The molecule has 0 bridgehead atoms. The number of nitrogens with zero attached hydrogens (tertiary/aromatic N) is 2. The fourth-order valence-corrected chi connectivity index (χ4v) is 2.06. The molecule has 0 saturated carbocycles. The van der Waals surface area contributed by atoms with Crippen LogP contribution in [0.25, 0.3) is 0 Å². The SMILES string of the molecule is Cc1ccc(Oc2c(CO)c(C)nn2C)c(Cl)c1. The number of rotatable bonds is 3. The van der Waals surface area contributed by atoms with Gasteiger partial charge < -0.3 is 9.84 Å². The first-order valence-electron chi connectivity index (χ1n) is 5.60. The molecule has 1 aromatic heterocycles. The van der Waals surface area contributed by atoms with Crippen LogP contribution in [0.1, 0.15) is 16.8 Å². The van der Waals surface area contributed by atoms with Crippen LogP contribution in [0, 0.1) is 13.8 Å². The zero-order valence-electron chi connectivity index (χ0n) is 10.6. The maximum atomic E-state index is 9.34. The van der Waals surface area contributed by atoms with Crippen LogP contribution >= 0.6 is 11.6 Å². The Labute approximate surface area is 111 Å². The van der Waals surface area contributed by atoms with Crippen molar-refractivity contribution >= 4 is 11.6 Å². The second kappa shape index (κ2) is 5.00. The van der Waals surface area contributed by atoms with Gasteiger partial charge in [0.2, 0.25) is 5.88 Å². The number of ether oxygens (including phenoxy) is 1. The molecule has 5 heteroatoms. The van der Waals surface area contributed by atoms with E-state index in [1.165, 1.54) is 0 Å². The summed E-state index contributed by atoms with van der Waals surface area (Å²) in [5.41, 5.74) is 2.49. The van der Waals surface area contributed by atoms with E-state index < -0.39 is 0 Å². The number of aryl methyl sites for hydroxylation is 3. The predicted octanol–water partition coefficient (Wildman–Crippen LogP) is 2.97. The van der Waals surface area contributed by atoms with E-state index in [0.29, 0.717) is 22.2 Å². The molecule has 0 aliphatic heterocycles. The van der Waals surface area contributed by atoms with E-state index in [-0.39, 0.29) is 6.61 Å². The number of aliphatic hydroxyl groups is 1. The third kappa shape index (κ3) is 2.35. The van der Waals surface area contributed by atoms with E-state index in [1.807, 2.05) is 26.0 Å². The number of halogens is 1. The lowest BCUT2D eigenvalue weighted by Crippen LogP contribution is -1.97. The van der Waals surface area contributed by atoms with Crippen LogP contribution in [0.2, 0.25) is 5.02 Å². The Bertz CT molecular complexity index is 579. The molecule has 0 atom stereocenters. The Morgan fingerprint density at radius 2 is 2.11 bits per heavy atom. The highest BCUT2D eigenvalue weighted by Crippen LogP contribution is 2.32. The summed E-state index contributed by atoms with van der Waals surface area (Å²) < 4.78 is 7.34. The third-order valence-electron chi connectivity index (χ3n) is 2.74. The molecule has 2 rings (SSSR count). The van der Waals surface area contributed by atoms with Gasteiger partial charge in [-0.1, -0.05) is 17.7 Å². The topological polar surface area (TPSA) is 47.3 Å². The molecule has 0 aliphatic rings. The lowest BCUT2D eigenvalue weighted by atomic mass is 10.2. The minimum Gasteiger partial charge on any atom is -0.437 e. The van der Waals surface area contributed by atoms with E-state index in [9.17, 15) is 5.11 Å². The Hall–Kier alpha value is -1.52. The Morgan fingerprint density at radius 3 is 2.72 bits per heavy atom. The number of hydrogen-bond donors (Lipinski definition) is 1. The maximum Gasteiger partial charge on any atom is 0.223 e. The summed E-state index contributed by atoms with van der Waals surface area (Å²) in [6.07, 6.45) is 0. The van der Waals surface area contributed by atoms with Crippen LogP contribution in [0.15, 0.2) is 18.2 Å². The second-order valence-corrected chi connectivity index (χ2v) is 4.59. The summed E-state index contributed by atoms with van der Waals surface area (Å²) in [5, 5.41) is 14.1. The molecule has 0 fully saturated rings. The molecule has 18 heavy (non-hydrogen) atoms. The number of aromatic nitrogens is 2. The molecule has 1 N–H and O–H groups in total. The largest absolute Gasteiger partial charge is 0.437 e. The molecule has 0 saturated heterocycles. The van der Waals surface area contributed by atoms with Crippen molar-refractivity contribution in [3.05, 3.63) is 40.0 Å². The van der Waals surface area contributed by atoms with Gasteiger partial charge in [-0.05, 0) is 31.5 Å². The monoisotopic (exact) mass is 266 g/mol. The van der Waals surface area contributed by atoms with Crippen molar-refractivity contribution in [1.82, 2.24) is 9.78 Å². The van der Waals surface area contributed by atoms with Crippen molar-refractivity contribution in [3.8, 4) is 11.6 Å². The molecule has 2 aromatic rings. The predicted molar refractivity (Wildman–Crippen MR) is 70.1 cm³/mol. The van der Waals surface area contributed by atoms with Crippen molar-refractivity contribution in [2.24, 2.45) is 7.05 Å². The van der Waals surface area contributed by atoms with Gasteiger partial charge in [0, 0.05) is 7.05 Å². The summed E-state index contributed by atoms with van der Waals surface area (Å²) in [7, 11) is 1.77. The zero-order chi connectivity index (χ0) is 13.3. The Kier molecular flexibility index (Phi) is 3.59. The van der Waals surface area contributed by atoms with Gasteiger partial charge >= 0.3 is 0 Å². The number of benzene rings is 1. The Morgan fingerprint density at radius 1 is 1.39 bits per heavy atom. The van der Waals surface area contributed by atoms with Gasteiger partial charge in [-0.2, -0.15) is 5.10 Å². The van der Waals surface area contributed by atoms with Crippen LogP contribution in [0.3, 0.4) is 0 Å². The molecule has 0 radical (unpaired) electrons. The first kappa shape index (κ1) is 12.9. The summed E-state index contributed by atoms with van der Waals surface area (Å²) >= 11 is 6.12. The van der Waals surface area contributed by atoms with Gasteiger partial charge in [0.1, 0.15) is 5.75 Å². The molecule has 0 spiro atoms. The van der Waals surface area contributed by atoms with Gasteiger partial charge in [0.05, 0.1) is 22.9 Å². The van der Waals surface area contributed by atoms with Gasteiger partial charge in [0.15, 0.2) is 0 Å². The molecule has 0 amide bonds. The standard InChI is InChI=1S/C13H15ClN2O2/c1-8-4-5-12(11(14)6-8)18-13-10(7-17)9(2)15-16(13)3/h4-6,17H,7H2,1-3H3. The zero-order valence-corrected chi connectivity index (χ0v) is 11.3. The average molecular weight is 267 g/mol. The highest BCUT2D eigenvalue weighted by atomic mass is 35.5. The summed E-state index contributed by atoms with van der Waals surface area (Å²) in [6, 6.07) is 5.56. The van der Waals surface area contributed by atoms with E-state index >= 15 is 0 Å². The Balaban J connectivity index is 2.39. The molecule has 96 valence electrons. The number of hydrogen-bond acceptors (Lipinski definition) is 3. The van der Waals surface area contributed by atoms with Crippen molar-refractivity contribution in [2.45, 2.75) is 20.5 Å². The molecule has 1 aromatic carbocycles. The maximum absolute atomic E-state index is 9.34. The summed E-state index contributed by atoms with van der Waals surface area (Å²) in [5.74, 6) is 1.07. The third-order valence-corrected chi connectivity index (χ3v) is 3.04. The van der Waals surface area contributed by atoms with Gasteiger partial charge in [-0.15, -0.1) is 0 Å². The van der Waals surface area contributed by atoms with Crippen molar-refractivity contribution < 1.29 is 9.84 Å². The van der Waals surface area contributed by atoms with Gasteiger partial charge in [-0.25, -0.2) is 4.68 Å². The van der Waals surface area contributed by atoms with Crippen molar-refractivity contribution in [3.63, 3.8) is 0 Å². The quantitative estimate of drug-likeness (QED) is 0.929. The fraction of sp³-hybridized carbons (Fsp3) is 0.308. The van der Waals surface area contributed by atoms with Crippen molar-refractivity contribution in [1.29, 1.82) is 0 Å². The lowest BCUT2D eigenvalue weighted by molar-refractivity contribution is 0.274. The molecule has 4 nitrogen and oxygen atoms in total. The van der Waals surface area contributed by atoms with E-state index in [4.69, 9.17) is 16.3 Å². The van der Waals surface area contributed by atoms with Crippen LogP contribution in [0.4, 0.5) is 0 Å². The normalized spacial score (nSPS) is 10.7. The van der Waals surface area contributed by atoms with Crippen LogP contribution in [-0.4, -0.2) is 14.9 Å². The summed E-state index contributed by atoms with van der Waals surface area (Å²) in [4.78, 5) is 0. The van der Waals surface area contributed by atoms with E-state index in [0.717, 1.165) is 11.3 Å². The van der Waals surface area contributed by atoms with Crippen molar-refractivity contribution in [2.75, 3.05) is 0 Å². The molecule has 0 aliphatic carbocycles. The highest BCUT2D eigenvalue weighted by molar-refractivity contribution is 6.32. The molecular weight excluding hydrogens is 252 g/mol. The molecular formula is C13H15ClN2O2. The lowest BCUT2D eigenvalue weighted by Gasteiger charge is -2.09. The minimum atomic E-state index is -0.113. The number of aliphatic hydroxyl groups excluding tert-OH is 1. The van der Waals surface area contributed by atoms with E-state index in [1.54, 1.807) is 17.8 Å². The van der Waals surface area contributed by atoms with Gasteiger partial charge in [-0.3, -0.25) is 0 Å². The highest BCUT2D eigenvalue weighted by Gasteiger charge is 2.15. The minimum absolute atomic E-state index is 0.113. The molecule has 1 heterocycles. The molecule has 0 unspecified atom stereocenters. The fourth-order valence-electron chi connectivity index (χ4n) is 1.78. The smallest absolute Gasteiger partial charge is 0.223 e. The van der Waals surface area contributed by atoms with Crippen LogP contribution < -0.4 is 4.74 Å². The first-order valence-corrected chi connectivity index (χ1v) is 5.98. The van der Waals surface area contributed by atoms with Gasteiger partial charge in [0.25, 0.3) is 0 Å². The second-order valence-electron chi connectivity index (χ2n) is 4.19. The average Bonchev–Trinajstić information content (AvgIpc) is 2.57. The summed E-state index contributed by atoms with van der Waals surface area (Å²) in [6.45, 7) is 3.68. The van der Waals surface area contributed by atoms with Crippen LogP contribution in [-0.2, 0) is 13.7 Å². The van der Waals surface area contributed by atoms with Crippen LogP contribution in [0.5, 0.6) is 11.6 Å². The first-order chi connectivity index (χ1) is 8.52. The van der Waals surface area contributed by atoms with E-state index in [2.05, 4.69) is 5.10 Å².